The SMILES string of the molecule is CNS(=O)(=O)c1ccc(C)c(C(=O)NNC(=O)COc2cc(C)ccc2C)c1. The van der Waals surface area contributed by atoms with Crippen molar-refractivity contribution in [3.05, 3.63) is 58.7 Å². The maximum Gasteiger partial charge on any atom is 0.276 e. The molecule has 2 rings (SSSR count). The van der Waals surface area contributed by atoms with E-state index >= 15 is 0 Å². The molecule has 0 aliphatic carbocycles. The van der Waals surface area contributed by atoms with E-state index < -0.39 is 21.8 Å². The van der Waals surface area contributed by atoms with Gasteiger partial charge in [-0.05, 0) is 62.7 Å². The number of benzene rings is 2. The van der Waals surface area contributed by atoms with Crippen LogP contribution in [-0.2, 0) is 14.8 Å². The second kappa shape index (κ2) is 8.85. The second-order valence-corrected chi connectivity index (χ2v) is 8.13. The molecule has 28 heavy (non-hydrogen) atoms. The zero-order chi connectivity index (χ0) is 20.9. The number of aryl methyl sites for hydroxylation is 3. The average molecular weight is 405 g/mol. The van der Waals surface area contributed by atoms with E-state index in [-0.39, 0.29) is 17.1 Å². The average Bonchev–Trinajstić information content (AvgIpc) is 2.66. The standard InChI is InChI=1S/C19H23N3O5S/c1-12-5-6-14(3)17(9-12)27-11-18(23)21-22-19(24)16-10-15(8-7-13(16)2)28(25,26)20-4/h5-10,20H,11H2,1-4H3,(H,21,23)(H,22,24). The number of amides is 2. The van der Waals surface area contributed by atoms with Crippen molar-refractivity contribution in [1.82, 2.24) is 15.6 Å². The lowest BCUT2D eigenvalue weighted by atomic mass is 10.1. The van der Waals surface area contributed by atoms with Crippen LogP contribution in [0.5, 0.6) is 5.75 Å². The largest absolute Gasteiger partial charge is 0.483 e. The van der Waals surface area contributed by atoms with Gasteiger partial charge in [-0.25, -0.2) is 13.1 Å². The van der Waals surface area contributed by atoms with E-state index in [0.717, 1.165) is 11.1 Å². The minimum Gasteiger partial charge on any atom is -0.483 e. The number of hydrogen-bond donors (Lipinski definition) is 3. The zero-order valence-corrected chi connectivity index (χ0v) is 16.9. The van der Waals surface area contributed by atoms with Crippen LogP contribution >= 0.6 is 0 Å². The van der Waals surface area contributed by atoms with Crippen molar-refractivity contribution in [3.8, 4) is 5.75 Å². The Labute approximate surface area is 164 Å². The maximum atomic E-state index is 12.3. The van der Waals surface area contributed by atoms with Crippen LogP contribution in [0.15, 0.2) is 41.3 Å². The van der Waals surface area contributed by atoms with Crippen LogP contribution in [-0.4, -0.2) is 33.9 Å². The molecular formula is C19H23N3O5S. The third-order valence-corrected chi connectivity index (χ3v) is 5.46. The van der Waals surface area contributed by atoms with Gasteiger partial charge >= 0.3 is 0 Å². The van der Waals surface area contributed by atoms with E-state index in [0.29, 0.717) is 11.3 Å². The normalized spacial score (nSPS) is 11.0. The van der Waals surface area contributed by atoms with Crippen molar-refractivity contribution in [3.63, 3.8) is 0 Å². The van der Waals surface area contributed by atoms with Crippen molar-refractivity contribution in [1.29, 1.82) is 0 Å². The summed E-state index contributed by atoms with van der Waals surface area (Å²) in [6, 6.07) is 9.80. The highest BCUT2D eigenvalue weighted by molar-refractivity contribution is 7.89. The van der Waals surface area contributed by atoms with Gasteiger partial charge < -0.3 is 4.74 Å². The number of ether oxygens (including phenoxy) is 1. The van der Waals surface area contributed by atoms with Gasteiger partial charge in [0.1, 0.15) is 5.75 Å². The molecule has 0 spiro atoms. The molecule has 9 heteroatoms. The maximum absolute atomic E-state index is 12.3. The minimum atomic E-state index is -3.69. The van der Waals surface area contributed by atoms with Crippen LogP contribution in [0.3, 0.4) is 0 Å². The van der Waals surface area contributed by atoms with E-state index in [4.69, 9.17) is 4.74 Å². The Kier molecular flexibility index (Phi) is 6.76. The summed E-state index contributed by atoms with van der Waals surface area (Å²) in [7, 11) is -2.40. The number of hydrogen-bond acceptors (Lipinski definition) is 5. The fraction of sp³-hybridized carbons (Fsp3) is 0.263. The fourth-order valence-corrected chi connectivity index (χ4v) is 3.12. The third kappa shape index (κ3) is 5.30. The molecule has 0 aromatic heterocycles. The lowest BCUT2D eigenvalue weighted by Crippen LogP contribution is -2.44. The van der Waals surface area contributed by atoms with E-state index in [1.807, 2.05) is 32.0 Å². The number of rotatable bonds is 6. The molecule has 0 heterocycles. The summed E-state index contributed by atoms with van der Waals surface area (Å²) < 4.78 is 31.4. The van der Waals surface area contributed by atoms with Gasteiger partial charge in [-0.2, -0.15) is 0 Å². The van der Waals surface area contributed by atoms with Gasteiger partial charge in [-0.3, -0.25) is 20.4 Å². The van der Waals surface area contributed by atoms with Crippen molar-refractivity contribution >= 4 is 21.8 Å². The van der Waals surface area contributed by atoms with E-state index in [2.05, 4.69) is 15.6 Å². The van der Waals surface area contributed by atoms with Crippen LogP contribution in [0, 0.1) is 20.8 Å². The highest BCUT2D eigenvalue weighted by atomic mass is 32.2. The molecule has 0 radical (unpaired) electrons. The van der Waals surface area contributed by atoms with Gasteiger partial charge in [0.05, 0.1) is 4.90 Å². The molecule has 3 N–H and O–H groups in total. The number of sulfonamides is 1. The monoisotopic (exact) mass is 405 g/mol. The molecule has 2 amide bonds. The molecular weight excluding hydrogens is 382 g/mol. The molecule has 2 aromatic rings. The van der Waals surface area contributed by atoms with E-state index in [9.17, 15) is 18.0 Å². The summed E-state index contributed by atoms with van der Waals surface area (Å²) in [6.45, 7) is 5.16. The van der Waals surface area contributed by atoms with Gasteiger partial charge in [0, 0.05) is 5.56 Å². The highest BCUT2D eigenvalue weighted by Gasteiger charge is 2.17. The van der Waals surface area contributed by atoms with Crippen LogP contribution in [0.2, 0.25) is 0 Å². The molecule has 0 bridgehead atoms. The molecule has 0 fully saturated rings. The lowest BCUT2D eigenvalue weighted by molar-refractivity contribution is -0.123. The molecule has 0 saturated heterocycles. The topological polar surface area (TPSA) is 114 Å². The molecule has 2 aromatic carbocycles. The quantitative estimate of drug-likeness (QED) is 0.628. The first-order valence-electron chi connectivity index (χ1n) is 8.47. The summed E-state index contributed by atoms with van der Waals surface area (Å²) in [5.74, 6) is -0.598. The second-order valence-electron chi connectivity index (χ2n) is 6.24. The predicted molar refractivity (Wildman–Crippen MR) is 104 cm³/mol. The van der Waals surface area contributed by atoms with E-state index in [1.54, 1.807) is 6.92 Å². The smallest absolute Gasteiger partial charge is 0.276 e. The summed E-state index contributed by atoms with van der Waals surface area (Å²) in [4.78, 5) is 24.2. The van der Waals surface area contributed by atoms with Gasteiger partial charge in [0.15, 0.2) is 6.61 Å². The van der Waals surface area contributed by atoms with Gasteiger partial charge in [0.2, 0.25) is 10.0 Å². The van der Waals surface area contributed by atoms with Gasteiger partial charge in [-0.15, -0.1) is 0 Å². The van der Waals surface area contributed by atoms with Crippen molar-refractivity contribution in [2.75, 3.05) is 13.7 Å². The fourth-order valence-electron chi connectivity index (χ4n) is 2.37. The molecule has 0 aliphatic heterocycles. The number of nitrogens with one attached hydrogen (secondary N) is 3. The molecule has 0 aliphatic rings. The van der Waals surface area contributed by atoms with E-state index in [1.165, 1.54) is 25.2 Å². The van der Waals surface area contributed by atoms with Crippen molar-refractivity contribution in [2.24, 2.45) is 0 Å². The Bertz CT molecular complexity index is 1000. The van der Waals surface area contributed by atoms with Crippen LogP contribution in [0.4, 0.5) is 0 Å². The molecule has 150 valence electrons. The first-order valence-corrected chi connectivity index (χ1v) is 9.96. The number of hydrazine groups is 1. The lowest BCUT2D eigenvalue weighted by Gasteiger charge is -2.12. The number of carbonyl (C=O) groups excluding carboxylic acids is 2. The van der Waals surface area contributed by atoms with Crippen LogP contribution in [0.1, 0.15) is 27.0 Å². The van der Waals surface area contributed by atoms with Crippen LogP contribution in [0.25, 0.3) is 0 Å². The minimum absolute atomic E-state index is 0.0460. The summed E-state index contributed by atoms with van der Waals surface area (Å²) in [5, 5.41) is 0. The van der Waals surface area contributed by atoms with Crippen molar-refractivity contribution < 1.29 is 22.7 Å². The third-order valence-electron chi connectivity index (χ3n) is 4.05. The zero-order valence-electron chi connectivity index (χ0n) is 16.1. The van der Waals surface area contributed by atoms with Crippen LogP contribution < -0.4 is 20.3 Å². The molecule has 8 nitrogen and oxygen atoms in total. The Morgan fingerprint density at radius 2 is 1.64 bits per heavy atom. The Hall–Kier alpha value is -2.91. The first kappa shape index (κ1) is 21.4. The van der Waals surface area contributed by atoms with Gasteiger partial charge in [0.25, 0.3) is 11.8 Å². The Morgan fingerprint density at radius 1 is 0.964 bits per heavy atom. The summed E-state index contributed by atoms with van der Waals surface area (Å²) in [6.07, 6.45) is 0. The first-order chi connectivity index (χ1) is 13.1. The van der Waals surface area contributed by atoms with Crippen molar-refractivity contribution in [2.45, 2.75) is 25.7 Å². The molecule has 0 atom stereocenters. The summed E-state index contributed by atoms with van der Waals surface area (Å²) >= 11 is 0. The molecule has 0 saturated carbocycles. The highest BCUT2D eigenvalue weighted by Crippen LogP contribution is 2.19. The number of carbonyl (C=O) groups is 2. The molecule has 0 unspecified atom stereocenters. The summed E-state index contributed by atoms with van der Waals surface area (Å²) in [5.41, 5.74) is 7.11. The van der Waals surface area contributed by atoms with Gasteiger partial charge in [-0.1, -0.05) is 18.2 Å². The predicted octanol–water partition coefficient (Wildman–Crippen LogP) is 1.36. The Balaban J connectivity index is 1.99. The Morgan fingerprint density at radius 3 is 2.32 bits per heavy atom.